The third-order valence-electron chi connectivity index (χ3n) is 1.83. The second kappa shape index (κ2) is 7.10. The number of hydrogen-bond acceptors (Lipinski definition) is 3. The molecule has 0 fully saturated rings. The SMILES string of the molecule is CN(CCCC(=O)O)CC(=O)NCC(F)(F)F. The van der Waals surface area contributed by atoms with Crippen LogP contribution in [-0.2, 0) is 9.59 Å². The van der Waals surface area contributed by atoms with Crippen molar-refractivity contribution in [3.8, 4) is 0 Å². The van der Waals surface area contributed by atoms with E-state index in [9.17, 15) is 22.8 Å². The summed E-state index contributed by atoms with van der Waals surface area (Å²) in [5, 5.41) is 10.1. The van der Waals surface area contributed by atoms with Crippen molar-refractivity contribution >= 4 is 11.9 Å². The molecule has 0 aromatic carbocycles. The van der Waals surface area contributed by atoms with E-state index >= 15 is 0 Å². The van der Waals surface area contributed by atoms with Crippen LogP contribution in [0.5, 0.6) is 0 Å². The van der Waals surface area contributed by atoms with Gasteiger partial charge in [0.05, 0.1) is 6.54 Å². The quantitative estimate of drug-likeness (QED) is 0.694. The molecule has 0 aliphatic carbocycles. The first-order chi connectivity index (χ1) is 7.70. The Morgan fingerprint density at radius 3 is 2.41 bits per heavy atom. The molecule has 5 nitrogen and oxygen atoms in total. The average Bonchev–Trinajstić information content (AvgIpc) is 2.13. The maximum Gasteiger partial charge on any atom is 0.405 e. The van der Waals surface area contributed by atoms with Gasteiger partial charge in [0.2, 0.25) is 5.91 Å². The van der Waals surface area contributed by atoms with E-state index in [4.69, 9.17) is 5.11 Å². The molecule has 8 heteroatoms. The number of likely N-dealkylation sites (N-methyl/N-ethyl adjacent to an activating group) is 1. The molecule has 0 aromatic heterocycles. The van der Waals surface area contributed by atoms with Gasteiger partial charge in [0.15, 0.2) is 0 Å². The number of carbonyl (C=O) groups is 2. The van der Waals surface area contributed by atoms with Crippen LogP contribution in [0, 0.1) is 0 Å². The fourth-order valence-corrected chi connectivity index (χ4v) is 1.08. The Hall–Kier alpha value is -1.31. The molecular formula is C9H15F3N2O3. The zero-order chi connectivity index (χ0) is 13.5. The number of rotatable bonds is 7. The Kier molecular flexibility index (Phi) is 6.55. The predicted octanol–water partition coefficient (Wildman–Crippen LogP) is 0.461. The summed E-state index contributed by atoms with van der Waals surface area (Å²) in [5.41, 5.74) is 0. The van der Waals surface area contributed by atoms with Gasteiger partial charge in [-0.2, -0.15) is 13.2 Å². The molecule has 1 amide bonds. The number of hydrogen-bond donors (Lipinski definition) is 2. The molecule has 0 unspecified atom stereocenters. The molecule has 0 aromatic rings. The fraction of sp³-hybridized carbons (Fsp3) is 0.778. The van der Waals surface area contributed by atoms with Gasteiger partial charge in [-0.15, -0.1) is 0 Å². The van der Waals surface area contributed by atoms with Gasteiger partial charge in [-0.05, 0) is 20.0 Å². The first kappa shape index (κ1) is 15.7. The third-order valence-corrected chi connectivity index (χ3v) is 1.83. The average molecular weight is 256 g/mol. The summed E-state index contributed by atoms with van der Waals surface area (Å²) in [6.45, 7) is -1.20. The van der Waals surface area contributed by atoms with Crippen molar-refractivity contribution < 1.29 is 27.9 Å². The van der Waals surface area contributed by atoms with Crippen LogP contribution >= 0.6 is 0 Å². The summed E-state index contributed by atoms with van der Waals surface area (Å²) < 4.78 is 35.3. The highest BCUT2D eigenvalue weighted by Crippen LogP contribution is 2.11. The minimum atomic E-state index is -4.42. The van der Waals surface area contributed by atoms with Crippen LogP contribution < -0.4 is 5.32 Å². The predicted molar refractivity (Wildman–Crippen MR) is 53.4 cm³/mol. The summed E-state index contributed by atoms with van der Waals surface area (Å²) in [7, 11) is 1.54. The molecule has 0 heterocycles. The van der Waals surface area contributed by atoms with Gasteiger partial charge in [-0.25, -0.2) is 0 Å². The number of halogens is 3. The second-order valence-corrected chi connectivity index (χ2v) is 3.63. The van der Waals surface area contributed by atoms with Crippen molar-refractivity contribution in [2.24, 2.45) is 0 Å². The highest BCUT2D eigenvalue weighted by molar-refractivity contribution is 5.78. The van der Waals surface area contributed by atoms with E-state index in [-0.39, 0.29) is 13.0 Å². The molecule has 17 heavy (non-hydrogen) atoms. The van der Waals surface area contributed by atoms with E-state index in [0.29, 0.717) is 13.0 Å². The van der Waals surface area contributed by atoms with Crippen LogP contribution in [0.2, 0.25) is 0 Å². The molecule has 0 saturated heterocycles. The van der Waals surface area contributed by atoms with Gasteiger partial charge in [0.1, 0.15) is 6.54 Å². The second-order valence-electron chi connectivity index (χ2n) is 3.63. The third kappa shape index (κ3) is 11.0. The number of alkyl halides is 3. The van der Waals surface area contributed by atoms with Crippen LogP contribution in [0.1, 0.15) is 12.8 Å². The van der Waals surface area contributed by atoms with Crippen LogP contribution in [0.25, 0.3) is 0 Å². The molecule has 0 bridgehead atoms. The first-order valence-electron chi connectivity index (χ1n) is 4.94. The summed E-state index contributed by atoms with van der Waals surface area (Å²) in [6, 6.07) is 0. The minimum absolute atomic E-state index is 0.0332. The van der Waals surface area contributed by atoms with Crippen LogP contribution in [0.3, 0.4) is 0 Å². The van der Waals surface area contributed by atoms with E-state index in [1.54, 1.807) is 5.32 Å². The number of carboxylic acids is 1. The fourth-order valence-electron chi connectivity index (χ4n) is 1.08. The van der Waals surface area contributed by atoms with Gasteiger partial charge < -0.3 is 10.4 Å². The molecule has 0 rings (SSSR count). The minimum Gasteiger partial charge on any atom is -0.481 e. The van der Waals surface area contributed by atoms with E-state index < -0.39 is 24.6 Å². The van der Waals surface area contributed by atoms with Gasteiger partial charge in [-0.3, -0.25) is 14.5 Å². The highest BCUT2D eigenvalue weighted by Gasteiger charge is 2.27. The lowest BCUT2D eigenvalue weighted by Gasteiger charge is -2.16. The number of carbonyl (C=O) groups excluding carboxylic acids is 1. The van der Waals surface area contributed by atoms with Gasteiger partial charge in [-0.1, -0.05) is 0 Å². The molecule has 0 atom stereocenters. The Balaban J connectivity index is 3.69. The summed E-state index contributed by atoms with van der Waals surface area (Å²) in [5.74, 6) is -1.68. The van der Waals surface area contributed by atoms with Crippen LogP contribution in [0.4, 0.5) is 13.2 Å². The molecule has 0 saturated carbocycles. The van der Waals surface area contributed by atoms with E-state index in [1.807, 2.05) is 0 Å². The zero-order valence-corrected chi connectivity index (χ0v) is 9.38. The Labute approximate surface area is 96.6 Å². The first-order valence-corrected chi connectivity index (χ1v) is 4.94. The molecule has 0 radical (unpaired) electrons. The number of nitrogens with zero attached hydrogens (tertiary/aromatic N) is 1. The summed E-state index contributed by atoms with van der Waals surface area (Å²) >= 11 is 0. The smallest absolute Gasteiger partial charge is 0.405 e. The zero-order valence-electron chi connectivity index (χ0n) is 9.38. The number of carboxylic acid groups (broad SMARTS) is 1. The van der Waals surface area contributed by atoms with Crippen molar-refractivity contribution in [3.63, 3.8) is 0 Å². The van der Waals surface area contributed by atoms with Crippen LogP contribution in [-0.4, -0.2) is 54.7 Å². The van der Waals surface area contributed by atoms with E-state index in [1.165, 1.54) is 11.9 Å². The van der Waals surface area contributed by atoms with E-state index in [2.05, 4.69) is 0 Å². The normalized spacial score (nSPS) is 11.6. The van der Waals surface area contributed by atoms with Gasteiger partial charge in [0.25, 0.3) is 0 Å². The topological polar surface area (TPSA) is 69.6 Å². The summed E-state index contributed by atoms with van der Waals surface area (Å²) in [4.78, 5) is 22.7. The molecule has 0 spiro atoms. The Morgan fingerprint density at radius 1 is 1.35 bits per heavy atom. The van der Waals surface area contributed by atoms with Crippen molar-refractivity contribution in [2.45, 2.75) is 19.0 Å². The standard InChI is InChI=1S/C9H15F3N2O3/c1-14(4-2-3-8(16)17)5-7(15)13-6-9(10,11)12/h2-6H2,1H3,(H,13,15)(H,16,17). The van der Waals surface area contributed by atoms with Crippen LogP contribution in [0.15, 0.2) is 0 Å². The highest BCUT2D eigenvalue weighted by atomic mass is 19.4. The monoisotopic (exact) mass is 256 g/mol. The van der Waals surface area contributed by atoms with Gasteiger partial charge in [0, 0.05) is 6.42 Å². The molecule has 100 valence electrons. The van der Waals surface area contributed by atoms with E-state index in [0.717, 1.165) is 0 Å². The number of nitrogens with one attached hydrogen (secondary N) is 1. The number of aliphatic carboxylic acids is 1. The lowest BCUT2D eigenvalue weighted by molar-refractivity contribution is -0.139. The van der Waals surface area contributed by atoms with Crippen molar-refractivity contribution in [2.75, 3.05) is 26.7 Å². The van der Waals surface area contributed by atoms with Gasteiger partial charge >= 0.3 is 12.1 Å². The summed E-state index contributed by atoms with van der Waals surface area (Å²) in [6.07, 6.45) is -4.11. The molecular weight excluding hydrogens is 241 g/mol. The molecule has 0 aliphatic rings. The number of amides is 1. The van der Waals surface area contributed by atoms with Crippen molar-refractivity contribution in [1.82, 2.24) is 10.2 Å². The maximum absolute atomic E-state index is 11.8. The maximum atomic E-state index is 11.8. The Bertz CT molecular complexity index is 269. The molecule has 0 aliphatic heterocycles. The Morgan fingerprint density at radius 2 is 1.94 bits per heavy atom. The lowest BCUT2D eigenvalue weighted by atomic mass is 10.3. The van der Waals surface area contributed by atoms with Crippen molar-refractivity contribution in [3.05, 3.63) is 0 Å². The molecule has 2 N–H and O–H groups in total. The lowest BCUT2D eigenvalue weighted by Crippen LogP contribution is -2.40. The largest absolute Gasteiger partial charge is 0.481 e. The van der Waals surface area contributed by atoms with Crippen molar-refractivity contribution in [1.29, 1.82) is 0 Å².